The molecular weight excluding hydrogens is 422 g/mol. The molecule has 2 aromatic rings. The Balaban J connectivity index is 1.36. The van der Waals surface area contributed by atoms with Crippen LogP contribution in [0.2, 0.25) is 0 Å². The first-order chi connectivity index (χ1) is 16.4. The average Bonchev–Trinajstić information content (AvgIpc) is 3.12. The molecule has 0 bridgehead atoms. The van der Waals surface area contributed by atoms with E-state index in [1.54, 1.807) is 7.11 Å². The van der Waals surface area contributed by atoms with E-state index in [1.807, 2.05) is 18.2 Å². The lowest BCUT2D eigenvalue weighted by molar-refractivity contribution is -0.146. The van der Waals surface area contributed by atoms with Gasteiger partial charge < -0.3 is 9.47 Å². The molecule has 4 heteroatoms. The van der Waals surface area contributed by atoms with Gasteiger partial charge in [-0.15, -0.1) is 0 Å². The van der Waals surface area contributed by atoms with Crippen molar-refractivity contribution in [3.8, 4) is 5.75 Å². The molecule has 5 atom stereocenters. The number of nitrogens with zero attached hydrogens (tertiary/aromatic N) is 1. The van der Waals surface area contributed by atoms with Crippen molar-refractivity contribution in [1.82, 2.24) is 4.90 Å². The minimum atomic E-state index is -0.0776. The highest BCUT2D eigenvalue weighted by molar-refractivity contribution is 5.75. The normalized spacial score (nSPS) is 30.6. The molecule has 4 nitrogen and oxygen atoms in total. The standard InChI is InChI=1S/C30H37NO3/c1-21-8-7-15-30(2)17-28-25(16-27(21)30)26(29(32)34-28)20-31(18-22-9-5-4-6-10-22)19-23-11-13-24(33-3)14-12-23/h4-6,9-14,25-28H,1,7-8,15-20H2,2-3H3/t25-,26-,27+,28+,30+/m0/s1. The zero-order valence-corrected chi connectivity index (χ0v) is 20.5. The number of allylic oxidation sites excluding steroid dienone is 1. The smallest absolute Gasteiger partial charge is 0.310 e. The molecular formula is C30H37NO3. The average molecular weight is 460 g/mol. The topological polar surface area (TPSA) is 38.8 Å². The predicted molar refractivity (Wildman–Crippen MR) is 134 cm³/mol. The predicted octanol–water partition coefficient (Wildman–Crippen LogP) is 6.01. The minimum Gasteiger partial charge on any atom is -0.497 e. The third-order valence-corrected chi connectivity index (χ3v) is 8.59. The van der Waals surface area contributed by atoms with E-state index in [4.69, 9.17) is 9.47 Å². The van der Waals surface area contributed by atoms with Crippen LogP contribution < -0.4 is 4.74 Å². The van der Waals surface area contributed by atoms with Crippen molar-refractivity contribution in [3.05, 3.63) is 77.9 Å². The summed E-state index contributed by atoms with van der Waals surface area (Å²) in [5.74, 6) is 1.58. The maximum absolute atomic E-state index is 13.2. The van der Waals surface area contributed by atoms with Gasteiger partial charge in [0.05, 0.1) is 13.0 Å². The molecule has 1 saturated heterocycles. The summed E-state index contributed by atoms with van der Waals surface area (Å²) in [7, 11) is 1.69. The summed E-state index contributed by atoms with van der Waals surface area (Å²) in [6.07, 6.45) is 5.66. The zero-order valence-electron chi connectivity index (χ0n) is 20.5. The molecule has 1 aliphatic heterocycles. The summed E-state index contributed by atoms with van der Waals surface area (Å²) in [6.45, 7) is 9.15. The quantitative estimate of drug-likeness (QED) is 0.375. The molecule has 180 valence electrons. The second-order valence-corrected chi connectivity index (χ2v) is 10.9. The highest BCUT2D eigenvalue weighted by atomic mass is 16.6. The van der Waals surface area contributed by atoms with Crippen molar-refractivity contribution < 1.29 is 14.3 Å². The van der Waals surface area contributed by atoms with Crippen LogP contribution >= 0.6 is 0 Å². The van der Waals surface area contributed by atoms with Gasteiger partial charge >= 0.3 is 5.97 Å². The number of benzene rings is 2. The Morgan fingerprint density at radius 3 is 2.50 bits per heavy atom. The van der Waals surface area contributed by atoms with Gasteiger partial charge in [0.25, 0.3) is 0 Å². The van der Waals surface area contributed by atoms with Crippen LogP contribution in [0.15, 0.2) is 66.7 Å². The second-order valence-electron chi connectivity index (χ2n) is 10.9. The second kappa shape index (κ2) is 9.58. The first-order valence-corrected chi connectivity index (χ1v) is 12.7. The number of carbonyl (C=O) groups is 1. The Morgan fingerprint density at radius 1 is 1.09 bits per heavy atom. The molecule has 0 unspecified atom stereocenters. The number of esters is 1. The van der Waals surface area contributed by atoms with Crippen LogP contribution in [-0.4, -0.2) is 30.6 Å². The molecule has 3 fully saturated rings. The van der Waals surface area contributed by atoms with E-state index in [-0.39, 0.29) is 29.3 Å². The summed E-state index contributed by atoms with van der Waals surface area (Å²) in [5, 5.41) is 0. The van der Waals surface area contributed by atoms with Crippen molar-refractivity contribution in [2.24, 2.45) is 23.2 Å². The van der Waals surface area contributed by atoms with Crippen molar-refractivity contribution in [2.45, 2.75) is 58.2 Å². The van der Waals surface area contributed by atoms with Gasteiger partial charge in [0.1, 0.15) is 11.9 Å². The fourth-order valence-electron chi connectivity index (χ4n) is 6.76. The van der Waals surface area contributed by atoms with Gasteiger partial charge in [0.15, 0.2) is 0 Å². The van der Waals surface area contributed by atoms with E-state index < -0.39 is 0 Å². The van der Waals surface area contributed by atoms with Gasteiger partial charge in [-0.05, 0) is 66.7 Å². The van der Waals surface area contributed by atoms with E-state index in [9.17, 15) is 4.79 Å². The maximum atomic E-state index is 13.2. The van der Waals surface area contributed by atoms with Crippen molar-refractivity contribution in [3.63, 3.8) is 0 Å². The summed E-state index contributed by atoms with van der Waals surface area (Å²) in [6, 6.07) is 18.8. The Hall–Kier alpha value is -2.59. The Morgan fingerprint density at radius 2 is 1.79 bits per heavy atom. The molecule has 2 aliphatic carbocycles. The first-order valence-electron chi connectivity index (χ1n) is 12.7. The van der Waals surface area contributed by atoms with Gasteiger partial charge in [-0.3, -0.25) is 9.69 Å². The van der Waals surface area contributed by atoms with Crippen LogP contribution in [0.25, 0.3) is 0 Å². The van der Waals surface area contributed by atoms with Gasteiger partial charge in [0, 0.05) is 25.6 Å². The Bertz CT molecular complexity index is 1020. The van der Waals surface area contributed by atoms with E-state index in [0.717, 1.165) is 44.6 Å². The number of hydrogen-bond donors (Lipinski definition) is 0. The van der Waals surface area contributed by atoms with E-state index in [0.29, 0.717) is 5.92 Å². The highest BCUT2D eigenvalue weighted by Crippen LogP contribution is 2.57. The van der Waals surface area contributed by atoms with Crippen LogP contribution in [0, 0.1) is 23.2 Å². The number of rotatable bonds is 7. The third kappa shape index (κ3) is 4.65. The first kappa shape index (κ1) is 23.2. The molecule has 1 heterocycles. The molecule has 0 amide bonds. The highest BCUT2D eigenvalue weighted by Gasteiger charge is 2.55. The van der Waals surface area contributed by atoms with E-state index >= 15 is 0 Å². The summed E-state index contributed by atoms with van der Waals surface area (Å²) < 4.78 is 11.4. The largest absolute Gasteiger partial charge is 0.497 e. The summed E-state index contributed by atoms with van der Waals surface area (Å²) in [5.41, 5.74) is 4.11. The molecule has 0 N–H and O–H groups in total. The van der Waals surface area contributed by atoms with Crippen LogP contribution in [0.5, 0.6) is 5.75 Å². The van der Waals surface area contributed by atoms with Gasteiger partial charge in [-0.1, -0.05) is 61.5 Å². The minimum absolute atomic E-state index is 0.00403. The third-order valence-electron chi connectivity index (χ3n) is 8.59. The number of ether oxygens (including phenoxy) is 2. The lowest BCUT2D eigenvalue weighted by Gasteiger charge is -2.50. The van der Waals surface area contributed by atoms with E-state index in [2.05, 4.69) is 54.8 Å². The summed E-state index contributed by atoms with van der Waals surface area (Å²) >= 11 is 0. The number of fused-ring (bicyclic) bond motifs is 2. The Labute approximate surface area is 203 Å². The van der Waals surface area contributed by atoms with Crippen molar-refractivity contribution in [1.29, 1.82) is 0 Å². The monoisotopic (exact) mass is 459 g/mol. The lowest BCUT2D eigenvalue weighted by atomic mass is 9.55. The molecule has 5 rings (SSSR count). The lowest BCUT2D eigenvalue weighted by Crippen LogP contribution is -2.45. The number of hydrogen-bond acceptors (Lipinski definition) is 4. The molecule has 3 aliphatic rings. The van der Waals surface area contributed by atoms with E-state index in [1.165, 1.54) is 29.5 Å². The van der Waals surface area contributed by atoms with Gasteiger partial charge in [-0.25, -0.2) is 0 Å². The van der Waals surface area contributed by atoms with Gasteiger partial charge in [0.2, 0.25) is 0 Å². The molecule has 0 radical (unpaired) electrons. The maximum Gasteiger partial charge on any atom is 0.310 e. The fraction of sp³-hybridized carbons (Fsp3) is 0.500. The fourth-order valence-corrected chi connectivity index (χ4v) is 6.76. The van der Waals surface area contributed by atoms with Crippen LogP contribution in [0.4, 0.5) is 0 Å². The van der Waals surface area contributed by atoms with Crippen LogP contribution in [-0.2, 0) is 22.6 Å². The molecule has 2 aromatic carbocycles. The SMILES string of the molecule is C=C1CCC[C@]2(C)C[C@H]3OC(=O)[C@@H](CN(Cc4ccccc4)Cc4ccc(OC)cc4)[C@@H]3C[C@H]12. The molecule has 2 saturated carbocycles. The van der Waals surface area contributed by atoms with Crippen molar-refractivity contribution in [2.75, 3.05) is 13.7 Å². The van der Waals surface area contributed by atoms with Gasteiger partial charge in [-0.2, -0.15) is 0 Å². The Kier molecular flexibility index (Phi) is 6.52. The van der Waals surface area contributed by atoms with Crippen molar-refractivity contribution >= 4 is 5.97 Å². The summed E-state index contributed by atoms with van der Waals surface area (Å²) in [4.78, 5) is 15.6. The molecule has 0 spiro atoms. The molecule has 34 heavy (non-hydrogen) atoms. The van der Waals surface area contributed by atoms with Crippen LogP contribution in [0.3, 0.4) is 0 Å². The zero-order chi connectivity index (χ0) is 23.7. The number of carbonyl (C=O) groups excluding carboxylic acids is 1. The number of methoxy groups -OCH3 is 1. The molecule has 0 aromatic heterocycles. The van der Waals surface area contributed by atoms with Crippen LogP contribution in [0.1, 0.15) is 50.2 Å².